The van der Waals surface area contributed by atoms with Crippen molar-refractivity contribution in [1.29, 1.82) is 0 Å². The first-order chi connectivity index (χ1) is 13.5. The standard InChI is InChI=1S/C20H22N4O2S2/c1-4-24(5-2)16-8-6-14(7-9-16)18(25)22-23-19(26)17-13(3)21-20(28-17)15-10-11-27-12-15/h6-12H,4-5H2,1-3H3,(H,22,25)(H,23,26). The minimum absolute atomic E-state index is 0.361. The fourth-order valence-corrected chi connectivity index (χ4v) is 4.44. The van der Waals surface area contributed by atoms with E-state index >= 15 is 0 Å². The summed E-state index contributed by atoms with van der Waals surface area (Å²) in [5, 5.41) is 4.75. The normalized spacial score (nSPS) is 10.5. The van der Waals surface area contributed by atoms with Crippen molar-refractivity contribution in [2.45, 2.75) is 20.8 Å². The maximum atomic E-state index is 12.4. The van der Waals surface area contributed by atoms with Crippen LogP contribution in [0, 0.1) is 6.92 Å². The predicted molar refractivity (Wildman–Crippen MR) is 115 cm³/mol. The van der Waals surface area contributed by atoms with Gasteiger partial charge in [0.1, 0.15) is 9.88 Å². The summed E-state index contributed by atoms with van der Waals surface area (Å²) in [4.78, 5) is 31.9. The van der Waals surface area contributed by atoms with Crippen LogP contribution in [0.3, 0.4) is 0 Å². The van der Waals surface area contributed by atoms with Crippen molar-refractivity contribution < 1.29 is 9.59 Å². The third kappa shape index (κ3) is 4.40. The van der Waals surface area contributed by atoms with Gasteiger partial charge in [-0.2, -0.15) is 11.3 Å². The molecule has 0 radical (unpaired) electrons. The number of hydrazine groups is 1. The van der Waals surface area contributed by atoms with E-state index in [4.69, 9.17) is 0 Å². The van der Waals surface area contributed by atoms with Crippen molar-refractivity contribution in [1.82, 2.24) is 15.8 Å². The van der Waals surface area contributed by atoms with Gasteiger partial charge >= 0.3 is 0 Å². The molecule has 3 aromatic rings. The summed E-state index contributed by atoms with van der Waals surface area (Å²) in [6.07, 6.45) is 0. The van der Waals surface area contributed by atoms with Gasteiger partial charge in [0.05, 0.1) is 5.69 Å². The SMILES string of the molecule is CCN(CC)c1ccc(C(=O)NNC(=O)c2sc(-c3ccsc3)nc2C)cc1. The number of benzene rings is 1. The Morgan fingerprint density at radius 2 is 1.71 bits per heavy atom. The van der Waals surface area contributed by atoms with Gasteiger partial charge in [-0.25, -0.2) is 4.98 Å². The van der Waals surface area contributed by atoms with Gasteiger partial charge in [0.25, 0.3) is 11.8 Å². The maximum Gasteiger partial charge on any atom is 0.281 e. The van der Waals surface area contributed by atoms with E-state index in [1.807, 2.05) is 29.0 Å². The lowest BCUT2D eigenvalue weighted by Gasteiger charge is -2.21. The fourth-order valence-electron chi connectivity index (χ4n) is 2.77. The number of anilines is 1. The minimum atomic E-state index is -0.371. The summed E-state index contributed by atoms with van der Waals surface area (Å²) < 4.78 is 0. The van der Waals surface area contributed by atoms with Crippen molar-refractivity contribution in [3.8, 4) is 10.6 Å². The Kier molecular flexibility index (Phi) is 6.43. The predicted octanol–water partition coefficient (Wildman–Crippen LogP) is 4.10. The molecule has 0 bridgehead atoms. The van der Waals surface area contributed by atoms with Gasteiger partial charge in [0, 0.05) is 35.3 Å². The molecule has 6 nitrogen and oxygen atoms in total. The zero-order valence-electron chi connectivity index (χ0n) is 16.0. The summed E-state index contributed by atoms with van der Waals surface area (Å²) in [7, 11) is 0. The monoisotopic (exact) mass is 414 g/mol. The Hall–Kier alpha value is -2.71. The molecule has 0 unspecified atom stereocenters. The number of thiophene rings is 1. The first-order valence-electron chi connectivity index (χ1n) is 8.99. The van der Waals surface area contributed by atoms with Crippen molar-refractivity contribution in [2.24, 2.45) is 0 Å². The third-order valence-corrected chi connectivity index (χ3v) is 6.21. The zero-order chi connectivity index (χ0) is 20.1. The van der Waals surface area contributed by atoms with Crippen LogP contribution in [-0.2, 0) is 0 Å². The number of nitrogens with one attached hydrogen (secondary N) is 2. The Balaban J connectivity index is 1.62. The van der Waals surface area contributed by atoms with Gasteiger partial charge in [0.2, 0.25) is 0 Å². The van der Waals surface area contributed by atoms with E-state index in [-0.39, 0.29) is 11.8 Å². The van der Waals surface area contributed by atoms with Gasteiger partial charge in [0.15, 0.2) is 0 Å². The van der Waals surface area contributed by atoms with Crippen molar-refractivity contribution in [2.75, 3.05) is 18.0 Å². The number of nitrogens with zero attached hydrogens (tertiary/aromatic N) is 2. The van der Waals surface area contributed by atoms with Crippen LogP contribution in [0.2, 0.25) is 0 Å². The third-order valence-electron chi connectivity index (χ3n) is 4.32. The molecule has 3 rings (SSSR count). The molecular formula is C20H22N4O2S2. The molecule has 0 saturated heterocycles. The molecule has 0 fully saturated rings. The summed E-state index contributed by atoms with van der Waals surface area (Å²) in [5.41, 5.74) is 8.13. The van der Waals surface area contributed by atoms with E-state index in [1.54, 1.807) is 30.4 Å². The molecule has 0 saturated carbocycles. The average Bonchev–Trinajstić information content (AvgIpc) is 3.37. The van der Waals surface area contributed by atoms with Gasteiger partial charge in [-0.3, -0.25) is 20.4 Å². The molecule has 0 aliphatic carbocycles. The molecule has 2 N–H and O–H groups in total. The van der Waals surface area contributed by atoms with Crippen LogP contribution in [0.1, 0.15) is 39.6 Å². The molecule has 0 aliphatic heterocycles. The smallest absolute Gasteiger partial charge is 0.281 e. The maximum absolute atomic E-state index is 12.4. The lowest BCUT2D eigenvalue weighted by molar-refractivity contribution is 0.0848. The lowest BCUT2D eigenvalue weighted by atomic mass is 10.2. The van der Waals surface area contributed by atoms with Crippen LogP contribution in [0.4, 0.5) is 5.69 Å². The van der Waals surface area contributed by atoms with Crippen molar-refractivity contribution in [3.63, 3.8) is 0 Å². The molecule has 2 aromatic heterocycles. The second-order valence-electron chi connectivity index (χ2n) is 6.07. The number of hydrogen-bond donors (Lipinski definition) is 2. The van der Waals surface area contributed by atoms with Gasteiger partial charge in [-0.15, -0.1) is 11.3 Å². The Labute approximate surface area is 172 Å². The van der Waals surface area contributed by atoms with Crippen LogP contribution in [0.15, 0.2) is 41.1 Å². The topological polar surface area (TPSA) is 74.3 Å². The molecule has 2 heterocycles. The molecule has 0 spiro atoms. The lowest BCUT2D eigenvalue weighted by Crippen LogP contribution is -2.41. The van der Waals surface area contributed by atoms with Crippen LogP contribution in [0.5, 0.6) is 0 Å². The molecule has 146 valence electrons. The summed E-state index contributed by atoms with van der Waals surface area (Å²) in [6, 6.07) is 9.28. The quantitative estimate of drug-likeness (QED) is 0.596. The second kappa shape index (κ2) is 8.99. The zero-order valence-corrected chi connectivity index (χ0v) is 17.6. The van der Waals surface area contributed by atoms with Gasteiger partial charge < -0.3 is 4.90 Å². The Bertz CT molecular complexity index is 945. The van der Waals surface area contributed by atoms with Crippen LogP contribution in [0.25, 0.3) is 10.6 Å². The number of thiazole rings is 1. The first-order valence-corrected chi connectivity index (χ1v) is 10.7. The molecule has 8 heteroatoms. The van der Waals surface area contributed by atoms with Crippen LogP contribution >= 0.6 is 22.7 Å². The van der Waals surface area contributed by atoms with E-state index < -0.39 is 0 Å². The highest BCUT2D eigenvalue weighted by Crippen LogP contribution is 2.29. The first kappa shape index (κ1) is 20.0. The number of aromatic nitrogens is 1. The Morgan fingerprint density at radius 1 is 1.04 bits per heavy atom. The average molecular weight is 415 g/mol. The summed E-state index contributed by atoms with van der Waals surface area (Å²) in [6.45, 7) is 7.77. The number of amides is 2. The van der Waals surface area contributed by atoms with Gasteiger partial charge in [-0.1, -0.05) is 0 Å². The van der Waals surface area contributed by atoms with E-state index in [0.29, 0.717) is 16.1 Å². The minimum Gasteiger partial charge on any atom is -0.372 e. The number of aryl methyl sites for hydroxylation is 1. The summed E-state index contributed by atoms with van der Waals surface area (Å²) in [5.74, 6) is -0.732. The molecule has 0 aliphatic rings. The molecule has 1 aromatic carbocycles. The van der Waals surface area contributed by atoms with Crippen LogP contribution in [-0.4, -0.2) is 29.9 Å². The highest BCUT2D eigenvalue weighted by molar-refractivity contribution is 7.17. The fraction of sp³-hybridized carbons (Fsp3) is 0.250. The van der Waals surface area contributed by atoms with E-state index in [1.165, 1.54) is 11.3 Å². The number of hydrogen-bond acceptors (Lipinski definition) is 6. The number of rotatable bonds is 6. The number of carbonyl (C=O) groups is 2. The Morgan fingerprint density at radius 3 is 2.32 bits per heavy atom. The van der Waals surface area contributed by atoms with E-state index in [0.717, 1.165) is 29.3 Å². The highest BCUT2D eigenvalue weighted by Gasteiger charge is 2.17. The highest BCUT2D eigenvalue weighted by atomic mass is 32.1. The van der Waals surface area contributed by atoms with E-state index in [9.17, 15) is 9.59 Å². The molecular weight excluding hydrogens is 392 g/mol. The van der Waals surface area contributed by atoms with E-state index in [2.05, 4.69) is 34.6 Å². The van der Waals surface area contributed by atoms with Crippen molar-refractivity contribution in [3.05, 3.63) is 57.2 Å². The second-order valence-corrected chi connectivity index (χ2v) is 7.85. The summed E-state index contributed by atoms with van der Waals surface area (Å²) >= 11 is 2.89. The largest absolute Gasteiger partial charge is 0.372 e. The molecule has 0 atom stereocenters. The number of carbonyl (C=O) groups excluding carboxylic acids is 2. The van der Waals surface area contributed by atoms with Crippen molar-refractivity contribution >= 4 is 40.2 Å². The van der Waals surface area contributed by atoms with Gasteiger partial charge in [-0.05, 0) is 56.5 Å². The van der Waals surface area contributed by atoms with Crippen LogP contribution < -0.4 is 15.8 Å². The molecule has 28 heavy (non-hydrogen) atoms. The molecule has 2 amide bonds.